The Morgan fingerprint density at radius 3 is 2.41 bits per heavy atom. The summed E-state index contributed by atoms with van der Waals surface area (Å²) in [6, 6.07) is 0.481. The lowest BCUT2D eigenvalue weighted by Gasteiger charge is -2.23. The molecule has 6 heteroatoms. The molecule has 0 atom stereocenters. The number of guanidine groups is 1. The van der Waals surface area contributed by atoms with Crippen molar-refractivity contribution in [2.24, 2.45) is 10.7 Å². The van der Waals surface area contributed by atoms with E-state index in [-0.39, 0.29) is 36.0 Å². The summed E-state index contributed by atoms with van der Waals surface area (Å²) in [7, 11) is 0. The maximum atomic E-state index is 11.6. The average molecular weight is 423 g/mol. The van der Waals surface area contributed by atoms with Crippen LogP contribution in [0.4, 0.5) is 0 Å². The van der Waals surface area contributed by atoms with E-state index in [1.54, 1.807) is 0 Å². The molecule has 0 amide bonds. The van der Waals surface area contributed by atoms with Crippen molar-refractivity contribution in [2.75, 3.05) is 6.54 Å². The molecule has 0 aliphatic heterocycles. The van der Waals surface area contributed by atoms with E-state index in [2.05, 4.69) is 10.3 Å². The van der Waals surface area contributed by atoms with Gasteiger partial charge < -0.3 is 15.8 Å². The molecule has 0 aromatic rings. The Hall–Kier alpha value is -0.530. The number of nitrogens with zero attached hydrogens (tertiary/aromatic N) is 1. The minimum absolute atomic E-state index is 0. The number of esters is 1. The lowest BCUT2D eigenvalue weighted by molar-refractivity contribution is -0.148. The first-order valence-corrected chi connectivity index (χ1v) is 8.50. The molecule has 2 aliphatic carbocycles. The van der Waals surface area contributed by atoms with E-state index in [1.165, 1.54) is 44.9 Å². The Bertz CT molecular complexity index is 351. The van der Waals surface area contributed by atoms with Gasteiger partial charge in [0.2, 0.25) is 0 Å². The lowest BCUT2D eigenvalue weighted by atomic mass is 9.96. The van der Waals surface area contributed by atoms with Gasteiger partial charge in [-0.15, -0.1) is 24.0 Å². The Morgan fingerprint density at radius 2 is 1.73 bits per heavy atom. The third kappa shape index (κ3) is 7.65. The number of halogens is 1. The van der Waals surface area contributed by atoms with Crippen LogP contribution >= 0.6 is 24.0 Å². The molecule has 2 saturated carbocycles. The van der Waals surface area contributed by atoms with Crippen molar-refractivity contribution >= 4 is 35.9 Å². The van der Waals surface area contributed by atoms with Gasteiger partial charge in [-0.2, -0.15) is 0 Å². The number of nitrogens with two attached hydrogens (primary N) is 1. The smallest absolute Gasteiger partial charge is 0.306 e. The zero-order valence-electron chi connectivity index (χ0n) is 13.4. The fraction of sp³-hybridized carbons (Fsp3) is 0.875. The van der Waals surface area contributed by atoms with Gasteiger partial charge in [-0.3, -0.25) is 9.79 Å². The number of aliphatic imine (C=N–C) groups is 1. The third-order valence-electron chi connectivity index (χ3n) is 4.38. The minimum atomic E-state index is -0.0871. The predicted octanol–water partition coefficient (Wildman–Crippen LogP) is 3.11. The number of hydrogen-bond donors (Lipinski definition) is 2. The SMILES string of the molecule is I.NC(=NCCCC(=O)OC1CCCC1)NC1CCCCC1. The molecule has 0 radical (unpaired) electrons. The maximum Gasteiger partial charge on any atom is 0.306 e. The Labute approximate surface area is 150 Å². The van der Waals surface area contributed by atoms with Crippen molar-refractivity contribution in [1.29, 1.82) is 0 Å². The van der Waals surface area contributed by atoms with E-state index in [0.29, 0.717) is 31.4 Å². The van der Waals surface area contributed by atoms with Crippen LogP contribution in [0.2, 0.25) is 0 Å². The van der Waals surface area contributed by atoms with Crippen molar-refractivity contribution in [3.05, 3.63) is 0 Å². The van der Waals surface area contributed by atoms with Crippen molar-refractivity contribution in [2.45, 2.75) is 82.8 Å². The highest BCUT2D eigenvalue weighted by Crippen LogP contribution is 2.21. The second kappa shape index (κ2) is 11.1. The first-order chi connectivity index (χ1) is 10.2. The van der Waals surface area contributed by atoms with Gasteiger partial charge >= 0.3 is 5.97 Å². The van der Waals surface area contributed by atoms with Gasteiger partial charge in [-0.25, -0.2) is 0 Å². The molecule has 2 rings (SSSR count). The zero-order chi connectivity index (χ0) is 14.9. The molecule has 0 spiro atoms. The highest BCUT2D eigenvalue weighted by Gasteiger charge is 2.18. The van der Waals surface area contributed by atoms with Crippen LogP contribution < -0.4 is 11.1 Å². The maximum absolute atomic E-state index is 11.6. The van der Waals surface area contributed by atoms with Crippen molar-refractivity contribution in [1.82, 2.24) is 5.32 Å². The number of ether oxygens (including phenoxy) is 1. The molecule has 2 fully saturated rings. The molecule has 3 N–H and O–H groups in total. The van der Waals surface area contributed by atoms with Gasteiger partial charge in [0.25, 0.3) is 0 Å². The van der Waals surface area contributed by atoms with Crippen LogP contribution in [0.3, 0.4) is 0 Å². The topological polar surface area (TPSA) is 76.7 Å². The Balaban J connectivity index is 0.00000242. The first-order valence-electron chi connectivity index (χ1n) is 8.50. The predicted molar refractivity (Wildman–Crippen MR) is 99.5 cm³/mol. The third-order valence-corrected chi connectivity index (χ3v) is 4.38. The minimum Gasteiger partial charge on any atom is -0.462 e. The molecular formula is C16H30IN3O2. The second-order valence-electron chi connectivity index (χ2n) is 6.25. The number of carbonyl (C=O) groups excluding carboxylic acids is 1. The molecule has 22 heavy (non-hydrogen) atoms. The van der Waals surface area contributed by atoms with Gasteiger partial charge in [-0.05, 0) is 44.9 Å². The summed E-state index contributed by atoms with van der Waals surface area (Å²) >= 11 is 0. The summed E-state index contributed by atoms with van der Waals surface area (Å²) in [5.41, 5.74) is 5.88. The lowest BCUT2D eigenvalue weighted by Crippen LogP contribution is -2.41. The van der Waals surface area contributed by atoms with Crippen molar-refractivity contribution in [3.63, 3.8) is 0 Å². The van der Waals surface area contributed by atoms with E-state index in [1.807, 2.05) is 0 Å². The highest BCUT2D eigenvalue weighted by molar-refractivity contribution is 14.0. The molecular weight excluding hydrogens is 393 g/mol. The highest BCUT2D eigenvalue weighted by atomic mass is 127. The molecule has 0 unspecified atom stereocenters. The molecule has 0 heterocycles. The zero-order valence-corrected chi connectivity index (χ0v) is 15.7. The largest absolute Gasteiger partial charge is 0.462 e. The van der Waals surface area contributed by atoms with Gasteiger partial charge in [0, 0.05) is 19.0 Å². The Kier molecular flexibility index (Phi) is 9.82. The summed E-state index contributed by atoms with van der Waals surface area (Å²) < 4.78 is 5.41. The van der Waals surface area contributed by atoms with Gasteiger partial charge in [0.15, 0.2) is 5.96 Å². The monoisotopic (exact) mass is 423 g/mol. The van der Waals surface area contributed by atoms with Crippen LogP contribution in [0.5, 0.6) is 0 Å². The molecule has 128 valence electrons. The summed E-state index contributed by atoms with van der Waals surface area (Å²) in [6.07, 6.45) is 12.0. The standard InChI is InChI=1S/C16H29N3O2.HI/c17-16(19-13-7-2-1-3-8-13)18-12-6-11-15(20)21-14-9-4-5-10-14;/h13-14H,1-12H2,(H3,17,18,19);1H. The number of nitrogens with one attached hydrogen (secondary N) is 1. The van der Waals surface area contributed by atoms with E-state index < -0.39 is 0 Å². The summed E-state index contributed by atoms with van der Waals surface area (Å²) in [5, 5.41) is 3.28. The van der Waals surface area contributed by atoms with Crippen molar-refractivity contribution in [3.8, 4) is 0 Å². The number of rotatable bonds is 6. The van der Waals surface area contributed by atoms with Crippen LogP contribution in [-0.4, -0.2) is 30.6 Å². The fourth-order valence-electron chi connectivity index (χ4n) is 3.18. The summed E-state index contributed by atoms with van der Waals surface area (Å²) in [4.78, 5) is 15.9. The molecule has 2 aliphatic rings. The van der Waals surface area contributed by atoms with Crippen molar-refractivity contribution < 1.29 is 9.53 Å². The van der Waals surface area contributed by atoms with Crippen LogP contribution in [0.15, 0.2) is 4.99 Å². The van der Waals surface area contributed by atoms with E-state index >= 15 is 0 Å². The van der Waals surface area contributed by atoms with E-state index in [9.17, 15) is 4.79 Å². The molecule has 5 nitrogen and oxygen atoms in total. The molecule has 0 aromatic carbocycles. The second-order valence-corrected chi connectivity index (χ2v) is 6.25. The van der Waals surface area contributed by atoms with Gasteiger partial charge in [0.1, 0.15) is 6.10 Å². The van der Waals surface area contributed by atoms with Crippen LogP contribution in [0, 0.1) is 0 Å². The van der Waals surface area contributed by atoms with Crippen LogP contribution in [-0.2, 0) is 9.53 Å². The van der Waals surface area contributed by atoms with Gasteiger partial charge in [-0.1, -0.05) is 19.3 Å². The normalized spacial score (nSPS) is 20.5. The first kappa shape index (κ1) is 19.5. The van der Waals surface area contributed by atoms with Crippen LogP contribution in [0.25, 0.3) is 0 Å². The Morgan fingerprint density at radius 1 is 1.09 bits per heavy atom. The van der Waals surface area contributed by atoms with Gasteiger partial charge in [0.05, 0.1) is 0 Å². The number of carbonyl (C=O) groups is 1. The fourth-order valence-corrected chi connectivity index (χ4v) is 3.18. The number of hydrogen-bond acceptors (Lipinski definition) is 3. The molecule has 0 aromatic heterocycles. The summed E-state index contributed by atoms with van der Waals surface area (Å²) in [6.45, 7) is 0.589. The molecule has 0 bridgehead atoms. The average Bonchev–Trinajstić information content (AvgIpc) is 2.97. The molecule has 0 saturated heterocycles. The quantitative estimate of drug-likeness (QED) is 0.226. The summed E-state index contributed by atoms with van der Waals surface area (Å²) in [5.74, 6) is 0.432. The van der Waals surface area contributed by atoms with E-state index in [0.717, 1.165) is 12.8 Å². The van der Waals surface area contributed by atoms with E-state index in [4.69, 9.17) is 10.5 Å². The van der Waals surface area contributed by atoms with Crippen LogP contribution in [0.1, 0.15) is 70.6 Å².